The molecule has 5 rings (SSSR count). The Hall–Kier alpha value is -4.01. The normalized spacial score (nSPS) is 13.6. The number of anilines is 1. The monoisotopic (exact) mass is 443 g/mol. The molecule has 9 heteroatoms. The minimum atomic E-state index is -0.329. The molecule has 3 heterocycles. The number of rotatable bonds is 6. The summed E-state index contributed by atoms with van der Waals surface area (Å²) in [4.78, 5) is 31.3. The van der Waals surface area contributed by atoms with E-state index in [1.807, 2.05) is 18.2 Å². The van der Waals surface area contributed by atoms with Crippen LogP contribution in [0.3, 0.4) is 0 Å². The van der Waals surface area contributed by atoms with Crippen LogP contribution in [0.15, 0.2) is 55.1 Å². The molecule has 2 amide bonds. The van der Waals surface area contributed by atoms with Crippen molar-refractivity contribution in [1.82, 2.24) is 29.3 Å². The molecule has 0 radical (unpaired) electrons. The molecule has 33 heavy (non-hydrogen) atoms. The first-order valence-electron chi connectivity index (χ1n) is 11.0. The van der Waals surface area contributed by atoms with E-state index in [0.717, 1.165) is 18.4 Å². The van der Waals surface area contributed by atoms with Crippen molar-refractivity contribution in [2.24, 2.45) is 0 Å². The Balaban J connectivity index is 1.54. The van der Waals surface area contributed by atoms with Gasteiger partial charge in [0.25, 0.3) is 5.91 Å². The van der Waals surface area contributed by atoms with Crippen LogP contribution in [0.5, 0.6) is 0 Å². The smallest absolute Gasteiger partial charge is 0.261 e. The van der Waals surface area contributed by atoms with Gasteiger partial charge in [-0.1, -0.05) is 30.7 Å². The van der Waals surface area contributed by atoms with Crippen LogP contribution in [-0.2, 0) is 11.3 Å². The molecule has 1 N–H and O–H groups in total. The van der Waals surface area contributed by atoms with Gasteiger partial charge in [-0.15, -0.1) is 0 Å². The second kappa shape index (κ2) is 8.50. The molecule has 0 atom stereocenters. The highest BCUT2D eigenvalue weighted by Crippen LogP contribution is 2.42. The van der Waals surface area contributed by atoms with Crippen molar-refractivity contribution >= 4 is 23.1 Å². The summed E-state index contributed by atoms with van der Waals surface area (Å²) in [5.41, 5.74) is 4.25. The summed E-state index contributed by atoms with van der Waals surface area (Å²) in [6.45, 7) is 0.0831. The van der Waals surface area contributed by atoms with E-state index in [1.54, 1.807) is 47.9 Å². The molecule has 0 saturated heterocycles. The Morgan fingerprint density at radius 3 is 2.76 bits per heavy atom. The molecule has 0 aliphatic heterocycles. The molecule has 1 aliphatic rings. The number of hydrogen-bond donors (Lipinski definition) is 1. The molecule has 0 bridgehead atoms. The largest absolute Gasteiger partial charge is 0.347 e. The van der Waals surface area contributed by atoms with Gasteiger partial charge in [0.15, 0.2) is 5.65 Å². The van der Waals surface area contributed by atoms with Gasteiger partial charge in [-0.3, -0.25) is 14.3 Å². The van der Waals surface area contributed by atoms with E-state index < -0.39 is 0 Å². The first-order valence-corrected chi connectivity index (χ1v) is 11.0. The third-order valence-electron chi connectivity index (χ3n) is 6.09. The molecule has 1 aliphatic carbocycles. The number of likely N-dealkylation sites (N-methyl/N-ethyl adjacent to an activating group) is 1. The zero-order valence-corrected chi connectivity index (χ0v) is 18.6. The fraction of sp³-hybridized carbons (Fsp3) is 0.292. The van der Waals surface area contributed by atoms with E-state index in [-0.39, 0.29) is 18.4 Å². The number of benzene rings is 1. The molecule has 3 aromatic heterocycles. The molecule has 0 unspecified atom stereocenters. The van der Waals surface area contributed by atoms with Crippen LogP contribution < -0.4 is 5.32 Å². The molecule has 0 spiro atoms. The van der Waals surface area contributed by atoms with E-state index in [9.17, 15) is 9.59 Å². The fourth-order valence-corrected chi connectivity index (χ4v) is 4.04. The Labute approximate surface area is 191 Å². The predicted molar refractivity (Wildman–Crippen MR) is 124 cm³/mol. The maximum atomic E-state index is 13.2. The highest BCUT2D eigenvalue weighted by Gasteiger charge is 2.26. The topological polar surface area (TPSA) is 97.4 Å². The number of carbonyl (C=O) groups excluding carboxylic acids is 2. The van der Waals surface area contributed by atoms with E-state index in [4.69, 9.17) is 5.10 Å². The first kappa shape index (κ1) is 20.9. The average Bonchev–Trinajstić information content (AvgIpc) is 3.37. The van der Waals surface area contributed by atoms with E-state index in [0.29, 0.717) is 28.5 Å². The number of nitrogens with zero attached hydrogens (tertiary/aromatic N) is 6. The van der Waals surface area contributed by atoms with Gasteiger partial charge in [0, 0.05) is 38.2 Å². The molecule has 9 nitrogen and oxygen atoms in total. The lowest BCUT2D eigenvalue weighted by Gasteiger charge is -2.27. The Kier molecular flexibility index (Phi) is 5.37. The Bertz CT molecular complexity index is 1330. The van der Waals surface area contributed by atoms with Crippen molar-refractivity contribution in [3.05, 3.63) is 66.2 Å². The van der Waals surface area contributed by atoms with Crippen LogP contribution in [0, 0.1) is 0 Å². The summed E-state index contributed by atoms with van der Waals surface area (Å²) < 4.78 is 3.14. The van der Waals surface area contributed by atoms with Crippen LogP contribution >= 0.6 is 0 Å². The predicted octanol–water partition coefficient (Wildman–Crippen LogP) is 3.20. The third-order valence-corrected chi connectivity index (χ3v) is 6.09. The van der Waals surface area contributed by atoms with Crippen LogP contribution in [0.4, 0.5) is 5.69 Å². The highest BCUT2D eigenvalue weighted by atomic mass is 16.2. The van der Waals surface area contributed by atoms with Crippen molar-refractivity contribution in [1.29, 1.82) is 0 Å². The summed E-state index contributed by atoms with van der Waals surface area (Å²) in [6.07, 6.45) is 10.1. The minimum absolute atomic E-state index is 0.0824. The lowest BCUT2D eigenvalue weighted by molar-refractivity contribution is -0.129. The van der Waals surface area contributed by atoms with Gasteiger partial charge in [-0.25, -0.2) is 9.50 Å². The average molecular weight is 444 g/mol. The molecule has 168 valence electrons. The number of amides is 2. The quantitative estimate of drug-likeness (QED) is 0.494. The lowest BCUT2D eigenvalue weighted by Crippen LogP contribution is -2.26. The Morgan fingerprint density at radius 1 is 1.18 bits per heavy atom. The summed E-state index contributed by atoms with van der Waals surface area (Å²) >= 11 is 0. The fourth-order valence-electron chi connectivity index (χ4n) is 4.04. The zero-order chi connectivity index (χ0) is 22.9. The summed E-state index contributed by atoms with van der Waals surface area (Å²) in [6, 6.07) is 9.92. The van der Waals surface area contributed by atoms with E-state index in [2.05, 4.69) is 21.5 Å². The molecule has 1 saturated carbocycles. The van der Waals surface area contributed by atoms with Gasteiger partial charge in [0.05, 0.1) is 11.9 Å². The lowest BCUT2D eigenvalue weighted by atomic mass is 9.78. The first-order chi connectivity index (χ1) is 16.0. The highest BCUT2D eigenvalue weighted by molar-refractivity contribution is 6.09. The van der Waals surface area contributed by atoms with Crippen molar-refractivity contribution in [3.63, 3.8) is 0 Å². The summed E-state index contributed by atoms with van der Waals surface area (Å²) in [5, 5.41) is 11.9. The van der Waals surface area contributed by atoms with Gasteiger partial charge in [0.2, 0.25) is 5.91 Å². The van der Waals surface area contributed by atoms with E-state index in [1.165, 1.54) is 23.1 Å². The summed E-state index contributed by atoms with van der Waals surface area (Å²) in [7, 11) is 3.42. The van der Waals surface area contributed by atoms with Gasteiger partial charge in [-0.05, 0) is 30.4 Å². The maximum absolute atomic E-state index is 13.2. The van der Waals surface area contributed by atoms with Crippen LogP contribution in [-0.4, -0.2) is 55.2 Å². The SMILES string of the molecule is CN(C)C(=O)Cn1cc(NC(=O)c2cnn3cccnc23)c(-c2ccccc2C2CCC2)n1. The van der Waals surface area contributed by atoms with Gasteiger partial charge in [-0.2, -0.15) is 10.2 Å². The van der Waals surface area contributed by atoms with Gasteiger partial charge in [0.1, 0.15) is 17.8 Å². The number of carbonyl (C=O) groups is 2. The van der Waals surface area contributed by atoms with E-state index >= 15 is 0 Å². The van der Waals surface area contributed by atoms with Crippen molar-refractivity contribution in [3.8, 4) is 11.3 Å². The standard InChI is InChI=1S/C24H25N7O2/c1-29(2)21(32)15-30-14-20(27-24(33)19-13-26-31-12-6-11-25-23(19)31)22(28-30)18-10-4-3-9-17(18)16-7-5-8-16/h3-4,6,9-14,16H,5,7-8,15H2,1-2H3,(H,27,33). The zero-order valence-electron chi connectivity index (χ0n) is 18.6. The molecule has 4 aromatic rings. The summed E-state index contributed by atoms with van der Waals surface area (Å²) in [5.74, 6) is 0.0766. The maximum Gasteiger partial charge on any atom is 0.261 e. The number of nitrogens with one attached hydrogen (secondary N) is 1. The second-order valence-electron chi connectivity index (χ2n) is 8.49. The molecule has 1 aromatic carbocycles. The van der Waals surface area contributed by atoms with Crippen molar-refractivity contribution in [2.75, 3.05) is 19.4 Å². The second-order valence-corrected chi connectivity index (χ2v) is 8.49. The number of fused-ring (bicyclic) bond motifs is 1. The van der Waals surface area contributed by atoms with Crippen LogP contribution in [0.1, 0.15) is 41.1 Å². The number of hydrogen-bond acceptors (Lipinski definition) is 5. The van der Waals surface area contributed by atoms with Gasteiger partial charge >= 0.3 is 0 Å². The van der Waals surface area contributed by atoms with Crippen molar-refractivity contribution < 1.29 is 9.59 Å². The van der Waals surface area contributed by atoms with Gasteiger partial charge < -0.3 is 10.2 Å². The molecule has 1 fully saturated rings. The van der Waals surface area contributed by atoms with Crippen LogP contribution in [0.2, 0.25) is 0 Å². The third kappa shape index (κ3) is 3.97. The molecular weight excluding hydrogens is 418 g/mol. The number of aromatic nitrogens is 5. The minimum Gasteiger partial charge on any atom is -0.347 e. The van der Waals surface area contributed by atoms with Crippen LogP contribution in [0.25, 0.3) is 16.9 Å². The Morgan fingerprint density at radius 2 is 2.00 bits per heavy atom. The van der Waals surface area contributed by atoms with Crippen molar-refractivity contribution in [2.45, 2.75) is 31.7 Å². The molecular formula is C24H25N7O2.